The monoisotopic (exact) mass is 258 g/mol. The number of hydrogen-bond acceptors (Lipinski definition) is 3. The van der Waals surface area contributed by atoms with Crippen LogP contribution in [0.4, 0.5) is 4.79 Å². The highest BCUT2D eigenvalue weighted by Gasteiger charge is 2.21. The number of carbonyl (C=O) groups is 2. The van der Waals surface area contributed by atoms with Crippen LogP contribution in [0.25, 0.3) is 0 Å². The van der Waals surface area contributed by atoms with Crippen molar-refractivity contribution in [3.63, 3.8) is 0 Å². The Bertz CT molecular complexity index is 302. The highest BCUT2D eigenvalue weighted by Crippen LogP contribution is 2.07. The summed E-state index contributed by atoms with van der Waals surface area (Å²) in [6.45, 7) is 9.76. The fraction of sp³-hybridized carbons (Fsp3) is 0.667. The van der Waals surface area contributed by atoms with E-state index in [1.165, 1.54) is 6.08 Å². The van der Waals surface area contributed by atoms with Crippen molar-refractivity contribution in [2.45, 2.75) is 26.4 Å². The second kappa shape index (κ2) is 7.71. The minimum Gasteiger partial charge on any atom is -0.480 e. The van der Waals surface area contributed by atoms with Crippen LogP contribution in [-0.2, 0) is 9.53 Å². The van der Waals surface area contributed by atoms with Gasteiger partial charge in [-0.1, -0.05) is 6.08 Å². The number of ether oxygens (including phenoxy) is 1. The molecule has 2 amide bonds. The Kier molecular flexibility index (Phi) is 7.04. The summed E-state index contributed by atoms with van der Waals surface area (Å²) in [5.74, 6) is -1.06. The summed E-state index contributed by atoms with van der Waals surface area (Å²) in [5, 5.41) is 11.3. The third-order valence-electron chi connectivity index (χ3n) is 2.16. The molecule has 0 unspecified atom stereocenters. The zero-order valence-corrected chi connectivity index (χ0v) is 11.2. The Morgan fingerprint density at radius 3 is 2.56 bits per heavy atom. The van der Waals surface area contributed by atoms with Gasteiger partial charge in [0.2, 0.25) is 0 Å². The normalized spacial score (nSPS) is 10.8. The molecule has 0 heterocycles. The van der Waals surface area contributed by atoms with E-state index < -0.39 is 17.6 Å². The van der Waals surface area contributed by atoms with Gasteiger partial charge >= 0.3 is 12.0 Å². The molecule has 0 atom stereocenters. The lowest BCUT2D eigenvalue weighted by atomic mass is 10.1. The van der Waals surface area contributed by atoms with Crippen molar-refractivity contribution >= 4 is 12.0 Å². The van der Waals surface area contributed by atoms with Gasteiger partial charge in [-0.3, -0.25) is 4.79 Å². The molecule has 0 fully saturated rings. The van der Waals surface area contributed by atoms with E-state index in [0.29, 0.717) is 13.2 Å². The summed E-state index contributed by atoms with van der Waals surface area (Å²) in [5.41, 5.74) is -0.479. The number of amides is 2. The van der Waals surface area contributed by atoms with Crippen LogP contribution >= 0.6 is 0 Å². The highest BCUT2D eigenvalue weighted by atomic mass is 16.5. The van der Waals surface area contributed by atoms with Gasteiger partial charge in [0.15, 0.2) is 0 Å². The third kappa shape index (κ3) is 6.90. The van der Waals surface area contributed by atoms with Gasteiger partial charge in [-0.25, -0.2) is 4.79 Å². The number of carboxylic acid groups (broad SMARTS) is 1. The van der Waals surface area contributed by atoms with Crippen LogP contribution < -0.4 is 5.32 Å². The van der Waals surface area contributed by atoms with Crippen LogP contribution in [-0.4, -0.2) is 53.8 Å². The predicted octanol–water partition coefficient (Wildman–Crippen LogP) is 1.08. The predicted molar refractivity (Wildman–Crippen MR) is 68.5 cm³/mol. The molecule has 0 aromatic rings. The molecule has 6 heteroatoms. The summed E-state index contributed by atoms with van der Waals surface area (Å²) in [7, 11) is 0. The van der Waals surface area contributed by atoms with Gasteiger partial charge < -0.3 is 20.1 Å². The van der Waals surface area contributed by atoms with E-state index >= 15 is 0 Å². The van der Waals surface area contributed by atoms with Crippen LogP contribution in [0.2, 0.25) is 0 Å². The van der Waals surface area contributed by atoms with E-state index in [1.807, 2.05) is 20.8 Å². The zero-order chi connectivity index (χ0) is 14.2. The Labute approximate surface area is 108 Å². The third-order valence-corrected chi connectivity index (χ3v) is 2.16. The van der Waals surface area contributed by atoms with E-state index in [9.17, 15) is 9.59 Å². The van der Waals surface area contributed by atoms with Gasteiger partial charge in [-0.15, -0.1) is 6.58 Å². The molecule has 0 saturated carbocycles. The number of aliphatic carboxylic acids is 1. The number of urea groups is 1. The second-order valence-corrected chi connectivity index (χ2v) is 4.41. The average molecular weight is 258 g/mol. The smallest absolute Gasteiger partial charge is 0.323 e. The van der Waals surface area contributed by atoms with Crippen LogP contribution in [0.5, 0.6) is 0 Å². The van der Waals surface area contributed by atoms with E-state index in [1.54, 1.807) is 0 Å². The Morgan fingerprint density at radius 1 is 1.50 bits per heavy atom. The Hall–Kier alpha value is -1.56. The molecule has 0 aromatic carbocycles. The number of hydrogen-bond donors (Lipinski definition) is 2. The first-order valence-electron chi connectivity index (χ1n) is 5.81. The molecular formula is C12H22N2O4. The molecule has 18 heavy (non-hydrogen) atoms. The molecule has 0 saturated heterocycles. The topological polar surface area (TPSA) is 78.9 Å². The van der Waals surface area contributed by atoms with Crippen LogP contribution in [0, 0.1) is 0 Å². The van der Waals surface area contributed by atoms with Gasteiger partial charge in [-0.05, 0) is 20.8 Å². The van der Waals surface area contributed by atoms with Crippen molar-refractivity contribution in [2.24, 2.45) is 0 Å². The maximum atomic E-state index is 11.8. The molecule has 0 aliphatic rings. The maximum Gasteiger partial charge on any atom is 0.323 e. The van der Waals surface area contributed by atoms with Gasteiger partial charge in [-0.2, -0.15) is 0 Å². The van der Waals surface area contributed by atoms with Gasteiger partial charge in [0.05, 0.1) is 5.60 Å². The molecule has 0 spiro atoms. The van der Waals surface area contributed by atoms with E-state index in [-0.39, 0.29) is 13.1 Å². The number of nitrogens with one attached hydrogen (secondary N) is 1. The summed E-state index contributed by atoms with van der Waals surface area (Å²) < 4.78 is 5.43. The van der Waals surface area contributed by atoms with Gasteiger partial charge in [0.25, 0.3) is 0 Å². The first-order valence-corrected chi connectivity index (χ1v) is 5.81. The number of nitrogens with zero attached hydrogens (tertiary/aromatic N) is 1. The van der Waals surface area contributed by atoms with Crippen molar-refractivity contribution in [3.8, 4) is 0 Å². The van der Waals surface area contributed by atoms with Gasteiger partial charge in [0.1, 0.15) is 6.54 Å². The summed E-state index contributed by atoms with van der Waals surface area (Å²) >= 11 is 0. The van der Waals surface area contributed by atoms with E-state index in [0.717, 1.165) is 4.90 Å². The molecule has 0 aliphatic carbocycles. The van der Waals surface area contributed by atoms with Crippen LogP contribution in [0.15, 0.2) is 12.7 Å². The number of carbonyl (C=O) groups excluding carboxylic acids is 1. The lowest BCUT2D eigenvalue weighted by molar-refractivity contribution is -0.137. The molecular weight excluding hydrogens is 236 g/mol. The summed E-state index contributed by atoms with van der Waals surface area (Å²) in [4.78, 5) is 23.5. The molecule has 104 valence electrons. The number of rotatable bonds is 8. The fourth-order valence-corrected chi connectivity index (χ4v) is 1.38. The summed E-state index contributed by atoms with van der Waals surface area (Å²) in [6.07, 6.45) is 1.48. The first kappa shape index (κ1) is 16.4. The minimum atomic E-state index is -1.06. The molecule has 6 nitrogen and oxygen atoms in total. The molecule has 0 aliphatic heterocycles. The fourth-order valence-electron chi connectivity index (χ4n) is 1.38. The average Bonchev–Trinajstić information content (AvgIpc) is 2.25. The first-order chi connectivity index (χ1) is 8.32. The number of carboxylic acids is 1. The van der Waals surface area contributed by atoms with Crippen LogP contribution in [0.3, 0.4) is 0 Å². The van der Waals surface area contributed by atoms with Gasteiger partial charge in [0, 0.05) is 19.7 Å². The molecule has 2 N–H and O–H groups in total. The van der Waals surface area contributed by atoms with Crippen molar-refractivity contribution in [3.05, 3.63) is 12.7 Å². The highest BCUT2D eigenvalue weighted by molar-refractivity contribution is 5.80. The van der Waals surface area contributed by atoms with Crippen molar-refractivity contribution in [1.29, 1.82) is 0 Å². The van der Waals surface area contributed by atoms with Crippen LogP contribution in [0.1, 0.15) is 20.8 Å². The zero-order valence-electron chi connectivity index (χ0n) is 11.2. The molecule has 0 rings (SSSR count). The quantitative estimate of drug-likeness (QED) is 0.639. The van der Waals surface area contributed by atoms with Crippen molar-refractivity contribution in [2.75, 3.05) is 26.2 Å². The standard InChI is InChI=1S/C12H22N2O4/c1-5-7-14(8-10(15)16)11(17)13-9-12(3,4)18-6-2/h5H,1,6-9H2,2-4H3,(H,13,17)(H,15,16). The SMILES string of the molecule is C=CCN(CC(=O)O)C(=O)NCC(C)(C)OCC. The van der Waals surface area contributed by atoms with Crippen molar-refractivity contribution in [1.82, 2.24) is 10.2 Å². The van der Waals surface area contributed by atoms with E-state index in [2.05, 4.69) is 11.9 Å². The largest absolute Gasteiger partial charge is 0.480 e. The molecule has 0 bridgehead atoms. The molecule has 0 aromatic heterocycles. The molecule has 0 radical (unpaired) electrons. The lowest BCUT2D eigenvalue weighted by Gasteiger charge is -2.27. The Balaban J connectivity index is 4.33. The Morgan fingerprint density at radius 2 is 2.11 bits per heavy atom. The minimum absolute atomic E-state index is 0.188. The second-order valence-electron chi connectivity index (χ2n) is 4.41. The van der Waals surface area contributed by atoms with Crippen molar-refractivity contribution < 1.29 is 19.4 Å². The lowest BCUT2D eigenvalue weighted by Crippen LogP contribution is -2.48. The maximum absolute atomic E-state index is 11.8. The summed E-state index contributed by atoms with van der Waals surface area (Å²) in [6, 6.07) is -0.440. The van der Waals surface area contributed by atoms with E-state index in [4.69, 9.17) is 9.84 Å².